The summed E-state index contributed by atoms with van der Waals surface area (Å²) < 4.78 is 1.98. The maximum Gasteiger partial charge on any atom is 0.279 e. The first-order valence-corrected chi connectivity index (χ1v) is 9.23. The van der Waals surface area contributed by atoms with Gasteiger partial charge in [-0.15, -0.1) is 0 Å². The molecular weight excluding hydrogens is 336 g/mol. The van der Waals surface area contributed by atoms with Gasteiger partial charge in [0, 0.05) is 5.69 Å². The third-order valence-electron chi connectivity index (χ3n) is 4.80. The second-order valence-corrected chi connectivity index (χ2v) is 7.07. The minimum absolute atomic E-state index is 0.0209. The fraction of sp³-hybridized carbons (Fsp3) is 0.273. The van der Waals surface area contributed by atoms with Gasteiger partial charge >= 0.3 is 0 Å². The van der Waals surface area contributed by atoms with E-state index in [1.54, 1.807) is 0 Å². The summed E-state index contributed by atoms with van der Waals surface area (Å²) in [7, 11) is 2.04. The quantitative estimate of drug-likeness (QED) is 0.707. The van der Waals surface area contributed by atoms with Crippen molar-refractivity contribution >= 4 is 11.6 Å². The van der Waals surface area contributed by atoms with Crippen molar-refractivity contribution in [1.82, 2.24) is 9.78 Å². The summed E-state index contributed by atoms with van der Waals surface area (Å²) in [5.74, 6) is 0.0209. The number of hydrogen-bond donors (Lipinski definition) is 2. The fourth-order valence-electron chi connectivity index (χ4n) is 3.30. The molecule has 0 spiro atoms. The average Bonchev–Trinajstić information content (AvgIpc) is 2.92. The van der Waals surface area contributed by atoms with E-state index < -0.39 is 0 Å². The van der Waals surface area contributed by atoms with E-state index in [2.05, 4.69) is 24.4 Å². The molecular formula is C22H27N4O+. The lowest BCUT2D eigenvalue weighted by Gasteiger charge is -2.15. The number of likely N-dealkylation sites (N-methyl/N-ethyl adjacent to an activating group) is 1. The first kappa shape index (κ1) is 18.9. The zero-order valence-electron chi connectivity index (χ0n) is 16.4. The minimum Gasteiger partial charge on any atom is -0.326 e. The van der Waals surface area contributed by atoms with E-state index in [1.165, 1.54) is 5.56 Å². The smallest absolute Gasteiger partial charge is 0.279 e. The molecule has 0 aliphatic rings. The molecule has 5 nitrogen and oxygen atoms in total. The summed E-state index contributed by atoms with van der Waals surface area (Å²) in [6.45, 7) is 7.28. The third kappa shape index (κ3) is 4.44. The van der Waals surface area contributed by atoms with E-state index in [1.807, 2.05) is 68.0 Å². The highest BCUT2D eigenvalue weighted by atomic mass is 16.2. The van der Waals surface area contributed by atoms with Crippen molar-refractivity contribution in [3.8, 4) is 5.69 Å². The van der Waals surface area contributed by atoms with Crippen LogP contribution in [0.3, 0.4) is 0 Å². The van der Waals surface area contributed by atoms with Gasteiger partial charge in [0.2, 0.25) is 0 Å². The Labute approximate surface area is 160 Å². The lowest BCUT2D eigenvalue weighted by Crippen LogP contribution is -3.08. The second-order valence-electron chi connectivity index (χ2n) is 7.07. The Morgan fingerprint density at radius 2 is 1.70 bits per heavy atom. The first-order chi connectivity index (χ1) is 13.0. The number of carbonyl (C=O) groups excluding carboxylic acids is 1. The summed E-state index contributed by atoms with van der Waals surface area (Å²) in [4.78, 5) is 13.5. The van der Waals surface area contributed by atoms with Crippen molar-refractivity contribution in [3.05, 3.63) is 77.1 Å². The zero-order chi connectivity index (χ0) is 19.4. The molecule has 0 radical (unpaired) electrons. The molecule has 0 aliphatic carbocycles. The van der Waals surface area contributed by atoms with E-state index in [9.17, 15) is 4.79 Å². The molecule has 1 unspecified atom stereocenters. The minimum atomic E-state index is 0.0209. The van der Waals surface area contributed by atoms with E-state index in [0.717, 1.165) is 39.8 Å². The van der Waals surface area contributed by atoms with Gasteiger partial charge in [0.15, 0.2) is 6.54 Å². The number of benzene rings is 2. The predicted octanol–water partition coefficient (Wildman–Crippen LogP) is 2.45. The summed E-state index contributed by atoms with van der Waals surface area (Å²) in [5.41, 5.74) is 6.32. The molecule has 0 fully saturated rings. The predicted molar refractivity (Wildman–Crippen MR) is 108 cm³/mol. The molecule has 3 rings (SSSR count). The van der Waals surface area contributed by atoms with Crippen LogP contribution in [0.25, 0.3) is 5.69 Å². The van der Waals surface area contributed by atoms with Crippen LogP contribution in [0.15, 0.2) is 54.6 Å². The van der Waals surface area contributed by atoms with Gasteiger partial charge < -0.3 is 10.2 Å². The maximum absolute atomic E-state index is 12.4. The molecule has 2 N–H and O–H groups in total. The number of anilines is 1. The van der Waals surface area contributed by atoms with Crippen LogP contribution < -0.4 is 10.2 Å². The Bertz CT molecular complexity index is 931. The number of aryl methyl sites for hydroxylation is 2. The van der Waals surface area contributed by atoms with Crippen LogP contribution in [0.1, 0.15) is 22.5 Å². The number of rotatable bonds is 6. The standard InChI is InChI=1S/C22H26N4O/c1-16-10-8-9-13-21(16)23-22(27)15-25(4)14-20-17(2)24-26(18(20)3)19-11-6-5-7-12-19/h5-13H,14-15H2,1-4H3,(H,23,27)/p+1. The van der Waals surface area contributed by atoms with Crippen molar-refractivity contribution in [2.75, 3.05) is 18.9 Å². The Hall–Kier alpha value is -2.92. The summed E-state index contributed by atoms with van der Waals surface area (Å²) in [6, 6.07) is 18.0. The van der Waals surface area contributed by atoms with Gasteiger partial charge in [-0.2, -0.15) is 5.10 Å². The molecule has 0 aliphatic heterocycles. The number of para-hydroxylation sites is 2. The second kappa shape index (κ2) is 8.18. The van der Waals surface area contributed by atoms with Crippen molar-refractivity contribution < 1.29 is 9.69 Å². The number of amides is 1. The van der Waals surface area contributed by atoms with Gasteiger partial charge in [0.05, 0.1) is 29.7 Å². The third-order valence-corrected chi connectivity index (χ3v) is 4.80. The molecule has 1 amide bonds. The molecule has 3 aromatic rings. The average molecular weight is 363 g/mol. The topological polar surface area (TPSA) is 51.4 Å². The van der Waals surface area contributed by atoms with Crippen molar-refractivity contribution in [2.24, 2.45) is 0 Å². The van der Waals surface area contributed by atoms with Gasteiger partial charge in [0.1, 0.15) is 6.54 Å². The van der Waals surface area contributed by atoms with Crippen LogP contribution in [0.4, 0.5) is 5.69 Å². The molecule has 140 valence electrons. The molecule has 0 bridgehead atoms. The van der Waals surface area contributed by atoms with Gasteiger partial charge in [0.25, 0.3) is 5.91 Å². The lowest BCUT2D eigenvalue weighted by molar-refractivity contribution is -0.885. The van der Waals surface area contributed by atoms with Crippen LogP contribution in [0.2, 0.25) is 0 Å². The molecule has 0 saturated carbocycles. The van der Waals surface area contributed by atoms with Crippen molar-refractivity contribution in [3.63, 3.8) is 0 Å². The Morgan fingerprint density at radius 1 is 1.04 bits per heavy atom. The van der Waals surface area contributed by atoms with Crippen LogP contribution in [0.5, 0.6) is 0 Å². The van der Waals surface area contributed by atoms with Crippen LogP contribution >= 0.6 is 0 Å². The van der Waals surface area contributed by atoms with Crippen LogP contribution in [0, 0.1) is 20.8 Å². The highest BCUT2D eigenvalue weighted by Gasteiger charge is 2.18. The monoisotopic (exact) mass is 363 g/mol. The first-order valence-electron chi connectivity index (χ1n) is 9.23. The summed E-state index contributed by atoms with van der Waals surface area (Å²) >= 11 is 0. The van der Waals surface area contributed by atoms with Crippen molar-refractivity contribution in [2.45, 2.75) is 27.3 Å². The number of quaternary nitrogens is 1. The maximum atomic E-state index is 12.4. The number of nitrogens with zero attached hydrogens (tertiary/aromatic N) is 2. The molecule has 2 aromatic carbocycles. The Morgan fingerprint density at radius 3 is 2.41 bits per heavy atom. The van der Waals surface area contributed by atoms with Crippen molar-refractivity contribution in [1.29, 1.82) is 0 Å². The molecule has 1 aromatic heterocycles. The molecule has 1 atom stereocenters. The van der Waals surface area contributed by atoms with E-state index in [-0.39, 0.29) is 5.91 Å². The molecule has 5 heteroatoms. The number of aromatic nitrogens is 2. The zero-order valence-corrected chi connectivity index (χ0v) is 16.4. The van der Waals surface area contributed by atoms with E-state index >= 15 is 0 Å². The fourth-order valence-corrected chi connectivity index (χ4v) is 3.30. The van der Waals surface area contributed by atoms with E-state index in [0.29, 0.717) is 6.54 Å². The van der Waals surface area contributed by atoms with Gasteiger partial charge in [-0.3, -0.25) is 4.79 Å². The van der Waals surface area contributed by atoms with E-state index in [4.69, 9.17) is 5.10 Å². The largest absolute Gasteiger partial charge is 0.326 e. The highest BCUT2D eigenvalue weighted by molar-refractivity contribution is 5.92. The highest BCUT2D eigenvalue weighted by Crippen LogP contribution is 2.17. The number of nitrogens with one attached hydrogen (secondary N) is 2. The molecule has 1 heterocycles. The van der Waals surface area contributed by atoms with Gasteiger partial charge in [-0.25, -0.2) is 4.68 Å². The lowest BCUT2D eigenvalue weighted by atomic mass is 10.2. The van der Waals surface area contributed by atoms with Crippen LogP contribution in [-0.4, -0.2) is 29.3 Å². The SMILES string of the molecule is Cc1ccccc1NC(=O)C[NH+](C)Cc1c(C)nn(-c2ccccc2)c1C. The van der Waals surface area contributed by atoms with Gasteiger partial charge in [-0.05, 0) is 44.5 Å². The Kier molecular flexibility index (Phi) is 5.72. The summed E-state index contributed by atoms with van der Waals surface area (Å²) in [6.07, 6.45) is 0. The van der Waals surface area contributed by atoms with Crippen LogP contribution in [-0.2, 0) is 11.3 Å². The molecule has 0 saturated heterocycles. The molecule has 27 heavy (non-hydrogen) atoms. The number of hydrogen-bond acceptors (Lipinski definition) is 2. The number of carbonyl (C=O) groups is 1. The summed E-state index contributed by atoms with van der Waals surface area (Å²) in [5, 5.41) is 7.70. The normalized spacial score (nSPS) is 12.0. The Balaban J connectivity index is 1.68. The van der Waals surface area contributed by atoms with Gasteiger partial charge in [-0.1, -0.05) is 36.4 Å².